The van der Waals surface area contributed by atoms with Crippen LogP contribution in [0.1, 0.15) is 12.8 Å². The van der Waals surface area contributed by atoms with Gasteiger partial charge in [-0.3, -0.25) is 4.68 Å². The third-order valence-corrected chi connectivity index (χ3v) is 4.80. The first-order chi connectivity index (χ1) is 9.37. The molecular formula is C12H25N5O2S. The lowest BCUT2D eigenvalue weighted by molar-refractivity contribution is 0.370. The van der Waals surface area contributed by atoms with Crippen molar-refractivity contribution in [1.29, 1.82) is 0 Å². The third-order valence-electron chi connectivity index (χ3n) is 2.99. The molecule has 0 spiro atoms. The molecule has 0 amide bonds. The first-order valence-corrected chi connectivity index (χ1v) is 8.15. The van der Waals surface area contributed by atoms with E-state index in [9.17, 15) is 8.42 Å². The molecule has 0 radical (unpaired) electrons. The van der Waals surface area contributed by atoms with Gasteiger partial charge in [-0.1, -0.05) is 0 Å². The van der Waals surface area contributed by atoms with Crippen LogP contribution >= 0.6 is 0 Å². The maximum atomic E-state index is 12.3. The zero-order valence-electron chi connectivity index (χ0n) is 12.5. The molecule has 1 heterocycles. The number of nitrogens with zero attached hydrogens (tertiary/aromatic N) is 4. The van der Waals surface area contributed by atoms with Crippen LogP contribution in [0, 0.1) is 0 Å². The van der Waals surface area contributed by atoms with Gasteiger partial charge < -0.3 is 10.6 Å². The predicted molar refractivity (Wildman–Crippen MR) is 78.9 cm³/mol. The minimum absolute atomic E-state index is 0.238. The Kier molecular flexibility index (Phi) is 6.60. The Bertz CT molecular complexity index is 498. The zero-order valence-corrected chi connectivity index (χ0v) is 13.3. The number of aryl methyl sites for hydroxylation is 1. The van der Waals surface area contributed by atoms with Crippen LogP contribution in [0.15, 0.2) is 17.3 Å². The van der Waals surface area contributed by atoms with Crippen LogP contribution in [0.5, 0.6) is 0 Å². The molecule has 1 aromatic heterocycles. The maximum Gasteiger partial charge on any atom is 0.245 e. The lowest BCUT2D eigenvalue weighted by Gasteiger charge is -2.17. The molecule has 0 unspecified atom stereocenters. The second kappa shape index (κ2) is 7.72. The summed E-state index contributed by atoms with van der Waals surface area (Å²) < 4.78 is 27.7. The minimum Gasteiger partial charge on any atom is -0.330 e. The van der Waals surface area contributed by atoms with E-state index in [0.717, 1.165) is 19.4 Å². The van der Waals surface area contributed by atoms with E-state index in [4.69, 9.17) is 5.73 Å². The number of rotatable bonds is 9. The standard InChI is InChI=1S/C12H25N5O2S/c1-15(2)7-5-8-16(3)20(18,19)12-10-14-17(11-12)9-4-6-13/h10-11H,4-9,13H2,1-3H3. The molecule has 7 nitrogen and oxygen atoms in total. The summed E-state index contributed by atoms with van der Waals surface area (Å²) in [4.78, 5) is 2.27. The van der Waals surface area contributed by atoms with Gasteiger partial charge in [0.05, 0.1) is 6.20 Å². The van der Waals surface area contributed by atoms with Crippen molar-refractivity contribution >= 4 is 10.0 Å². The van der Waals surface area contributed by atoms with Gasteiger partial charge in [-0.2, -0.15) is 5.10 Å². The van der Waals surface area contributed by atoms with Crippen molar-refractivity contribution in [3.8, 4) is 0 Å². The molecule has 20 heavy (non-hydrogen) atoms. The van der Waals surface area contributed by atoms with Crippen molar-refractivity contribution in [1.82, 2.24) is 19.0 Å². The average Bonchev–Trinajstić information content (AvgIpc) is 2.85. The van der Waals surface area contributed by atoms with Crippen molar-refractivity contribution in [2.75, 3.05) is 40.8 Å². The van der Waals surface area contributed by atoms with E-state index in [1.807, 2.05) is 19.0 Å². The average molecular weight is 303 g/mol. The first-order valence-electron chi connectivity index (χ1n) is 6.71. The molecule has 0 aliphatic rings. The fourth-order valence-electron chi connectivity index (χ4n) is 1.76. The maximum absolute atomic E-state index is 12.3. The quantitative estimate of drug-likeness (QED) is 0.683. The van der Waals surface area contributed by atoms with Crippen LogP contribution in [0.25, 0.3) is 0 Å². The molecule has 8 heteroatoms. The summed E-state index contributed by atoms with van der Waals surface area (Å²) in [6, 6.07) is 0. The van der Waals surface area contributed by atoms with Crippen molar-refractivity contribution < 1.29 is 8.42 Å². The second-order valence-electron chi connectivity index (χ2n) is 5.06. The number of sulfonamides is 1. The number of aromatic nitrogens is 2. The summed E-state index contributed by atoms with van der Waals surface area (Å²) in [7, 11) is 2.09. The van der Waals surface area contributed by atoms with Gasteiger partial charge in [0.1, 0.15) is 4.90 Å². The van der Waals surface area contributed by atoms with Crippen LogP contribution in [0.4, 0.5) is 0 Å². The van der Waals surface area contributed by atoms with E-state index < -0.39 is 10.0 Å². The Morgan fingerprint density at radius 2 is 1.95 bits per heavy atom. The molecule has 0 aromatic carbocycles. The lowest BCUT2D eigenvalue weighted by Crippen LogP contribution is -2.29. The van der Waals surface area contributed by atoms with Crippen molar-refractivity contribution in [2.24, 2.45) is 5.73 Å². The van der Waals surface area contributed by atoms with Gasteiger partial charge >= 0.3 is 0 Å². The Balaban J connectivity index is 2.64. The highest BCUT2D eigenvalue weighted by molar-refractivity contribution is 7.89. The zero-order chi connectivity index (χ0) is 15.2. The molecule has 1 rings (SSSR count). The normalized spacial score (nSPS) is 12.5. The summed E-state index contributed by atoms with van der Waals surface area (Å²) in [5.74, 6) is 0. The van der Waals surface area contributed by atoms with Gasteiger partial charge in [-0.05, 0) is 40.0 Å². The van der Waals surface area contributed by atoms with Crippen LogP contribution in [-0.4, -0.2) is 68.2 Å². The van der Waals surface area contributed by atoms with Gasteiger partial charge in [0.15, 0.2) is 0 Å². The fourth-order valence-corrected chi connectivity index (χ4v) is 2.93. The molecule has 0 fully saturated rings. The second-order valence-corrected chi connectivity index (χ2v) is 7.11. The first kappa shape index (κ1) is 17.1. The van der Waals surface area contributed by atoms with Gasteiger partial charge in [0.2, 0.25) is 10.0 Å². The third kappa shape index (κ3) is 4.86. The van der Waals surface area contributed by atoms with Crippen molar-refractivity contribution in [3.63, 3.8) is 0 Å². The molecule has 0 bridgehead atoms. The minimum atomic E-state index is -3.44. The molecule has 0 aliphatic carbocycles. The highest BCUT2D eigenvalue weighted by atomic mass is 32.2. The van der Waals surface area contributed by atoms with Crippen LogP contribution in [0.2, 0.25) is 0 Å². The summed E-state index contributed by atoms with van der Waals surface area (Å²) in [6.07, 6.45) is 4.53. The van der Waals surface area contributed by atoms with Gasteiger partial charge in [0.25, 0.3) is 0 Å². The Labute approximate surface area is 121 Å². The van der Waals surface area contributed by atoms with Crippen molar-refractivity contribution in [2.45, 2.75) is 24.3 Å². The Hall–Kier alpha value is -0.960. The summed E-state index contributed by atoms with van der Waals surface area (Å²) >= 11 is 0. The molecule has 116 valence electrons. The molecule has 0 atom stereocenters. The van der Waals surface area contributed by atoms with E-state index >= 15 is 0 Å². The van der Waals surface area contributed by atoms with Gasteiger partial charge in [0, 0.05) is 26.3 Å². The largest absolute Gasteiger partial charge is 0.330 e. The summed E-state index contributed by atoms with van der Waals surface area (Å²) in [5, 5.41) is 4.06. The lowest BCUT2D eigenvalue weighted by atomic mass is 10.4. The number of hydrogen-bond donors (Lipinski definition) is 1. The number of hydrogen-bond acceptors (Lipinski definition) is 5. The molecule has 1 aromatic rings. The highest BCUT2D eigenvalue weighted by Crippen LogP contribution is 2.13. The van der Waals surface area contributed by atoms with E-state index in [1.54, 1.807) is 17.9 Å². The summed E-state index contributed by atoms with van der Waals surface area (Å²) in [6.45, 7) is 2.55. The Morgan fingerprint density at radius 3 is 2.55 bits per heavy atom. The molecule has 0 aliphatic heterocycles. The van der Waals surface area contributed by atoms with E-state index in [2.05, 4.69) is 5.10 Å². The summed E-state index contributed by atoms with van der Waals surface area (Å²) in [5.41, 5.74) is 5.42. The Morgan fingerprint density at radius 1 is 1.25 bits per heavy atom. The van der Waals surface area contributed by atoms with Crippen LogP contribution in [-0.2, 0) is 16.6 Å². The van der Waals surface area contributed by atoms with Crippen LogP contribution < -0.4 is 5.73 Å². The van der Waals surface area contributed by atoms with Gasteiger partial charge in [-0.25, -0.2) is 12.7 Å². The highest BCUT2D eigenvalue weighted by Gasteiger charge is 2.22. The topological polar surface area (TPSA) is 84.5 Å². The van der Waals surface area contributed by atoms with Gasteiger partial charge in [-0.15, -0.1) is 0 Å². The predicted octanol–water partition coefficient (Wildman–Crippen LogP) is -0.196. The number of nitrogens with two attached hydrogens (primary N) is 1. The molecule has 0 saturated heterocycles. The molecular weight excluding hydrogens is 278 g/mol. The SMILES string of the molecule is CN(C)CCCN(C)S(=O)(=O)c1cnn(CCCN)c1. The van der Waals surface area contributed by atoms with Crippen LogP contribution in [0.3, 0.4) is 0 Å². The van der Waals surface area contributed by atoms with E-state index in [0.29, 0.717) is 19.6 Å². The monoisotopic (exact) mass is 303 g/mol. The molecule has 2 N–H and O–H groups in total. The fraction of sp³-hybridized carbons (Fsp3) is 0.750. The van der Waals surface area contributed by atoms with E-state index in [1.165, 1.54) is 10.5 Å². The smallest absolute Gasteiger partial charge is 0.245 e. The molecule has 0 saturated carbocycles. The van der Waals surface area contributed by atoms with E-state index in [-0.39, 0.29) is 4.90 Å². The van der Waals surface area contributed by atoms with Crippen molar-refractivity contribution in [3.05, 3.63) is 12.4 Å².